The van der Waals surface area contributed by atoms with Gasteiger partial charge < -0.3 is 9.88 Å². The predicted molar refractivity (Wildman–Crippen MR) is 64.4 cm³/mol. The standard InChI is InChI=1S/C11H15N3S/c1-2-5-12-11-13-6-7-14(11)9-10-4-3-8-15-10/h3-4,6-8H,2,5,9H2,1H3,(H,12,13). The Morgan fingerprint density at radius 3 is 3.20 bits per heavy atom. The van der Waals surface area contributed by atoms with Crippen molar-refractivity contribution in [3.05, 3.63) is 34.8 Å². The number of nitrogens with one attached hydrogen (secondary N) is 1. The number of hydrogen-bond donors (Lipinski definition) is 1. The monoisotopic (exact) mass is 221 g/mol. The van der Waals surface area contributed by atoms with Crippen LogP contribution in [0.3, 0.4) is 0 Å². The zero-order valence-corrected chi connectivity index (χ0v) is 9.63. The van der Waals surface area contributed by atoms with Crippen molar-refractivity contribution in [3.8, 4) is 0 Å². The highest BCUT2D eigenvalue weighted by atomic mass is 32.1. The largest absolute Gasteiger partial charge is 0.356 e. The van der Waals surface area contributed by atoms with E-state index < -0.39 is 0 Å². The van der Waals surface area contributed by atoms with Gasteiger partial charge in [-0.3, -0.25) is 0 Å². The number of thiophene rings is 1. The Balaban J connectivity index is 2.04. The highest BCUT2D eigenvalue weighted by molar-refractivity contribution is 7.09. The van der Waals surface area contributed by atoms with Crippen molar-refractivity contribution in [1.82, 2.24) is 9.55 Å². The second-order valence-electron chi connectivity index (χ2n) is 3.38. The Hall–Kier alpha value is -1.29. The Morgan fingerprint density at radius 2 is 2.47 bits per heavy atom. The van der Waals surface area contributed by atoms with Crippen LogP contribution in [0.1, 0.15) is 18.2 Å². The zero-order chi connectivity index (χ0) is 10.5. The van der Waals surface area contributed by atoms with Gasteiger partial charge in [-0.05, 0) is 17.9 Å². The summed E-state index contributed by atoms with van der Waals surface area (Å²) in [7, 11) is 0. The van der Waals surface area contributed by atoms with Gasteiger partial charge in [-0.25, -0.2) is 4.98 Å². The summed E-state index contributed by atoms with van der Waals surface area (Å²) >= 11 is 1.78. The van der Waals surface area contributed by atoms with Gasteiger partial charge in [0, 0.05) is 23.8 Å². The van der Waals surface area contributed by atoms with Crippen molar-refractivity contribution in [2.75, 3.05) is 11.9 Å². The number of rotatable bonds is 5. The van der Waals surface area contributed by atoms with Crippen LogP contribution in [0.25, 0.3) is 0 Å². The van der Waals surface area contributed by atoms with E-state index in [1.54, 1.807) is 11.3 Å². The zero-order valence-electron chi connectivity index (χ0n) is 8.81. The molecular formula is C11H15N3S. The quantitative estimate of drug-likeness (QED) is 0.841. The molecule has 4 heteroatoms. The van der Waals surface area contributed by atoms with Gasteiger partial charge in [-0.15, -0.1) is 11.3 Å². The molecule has 0 amide bonds. The van der Waals surface area contributed by atoms with Crippen molar-refractivity contribution in [1.29, 1.82) is 0 Å². The third-order valence-corrected chi connectivity index (χ3v) is 3.02. The molecule has 0 fully saturated rings. The molecule has 3 nitrogen and oxygen atoms in total. The van der Waals surface area contributed by atoms with Crippen molar-refractivity contribution in [2.24, 2.45) is 0 Å². The molecule has 0 unspecified atom stereocenters. The molecular weight excluding hydrogens is 206 g/mol. The van der Waals surface area contributed by atoms with Crippen LogP contribution in [0.2, 0.25) is 0 Å². The minimum Gasteiger partial charge on any atom is -0.356 e. The van der Waals surface area contributed by atoms with E-state index in [1.807, 2.05) is 12.4 Å². The normalized spacial score (nSPS) is 10.5. The molecule has 0 saturated heterocycles. The maximum atomic E-state index is 4.29. The predicted octanol–water partition coefficient (Wildman–Crippen LogP) is 2.81. The molecule has 80 valence electrons. The molecule has 2 aromatic heterocycles. The average Bonchev–Trinajstić information content (AvgIpc) is 2.87. The third kappa shape index (κ3) is 2.59. The number of aromatic nitrogens is 2. The average molecular weight is 221 g/mol. The molecule has 0 aliphatic carbocycles. The molecule has 0 aromatic carbocycles. The first-order chi connectivity index (χ1) is 7.40. The van der Waals surface area contributed by atoms with Crippen LogP contribution < -0.4 is 5.32 Å². The molecule has 0 saturated carbocycles. The Labute approximate surface area is 93.8 Å². The Bertz CT molecular complexity index is 392. The van der Waals surface area contributed by atoms with Crippen LogP contribution in [0.5, 0.6) is 0 Å². The fourth-order valence-corrected chi connectivity index (χ4v) is 2.11. The first-order valence-electron chi connectivity index (χ1n) is 5.17. The van der Waals surface area contributed by atoms with E-state index in [1.165, 1.54) is 4.88 Å². The van der Waals surface area contributed by atoms with E-state index in [-0.39, 0.29) is 0 Å². The lowest BCUT2D eigenvalue weighted by Crippen LogP contribution is -2.08. The van der Waals surface area contributed by atoms with E-state index in [2.05, 4.69) is 39.3 Å². The van der Waals surface area contributed by atoms with Crippen LogP contribution in [-0.2, 0) is 6.54 Å². The summed E-state index contributed by atoms with van der Waals surface area (Å²) in [5, 5.41) is 5.41. The molecule has 0 aliphatic rings. The summed E-state index contributed by atoms with van der Waals surface area (Å²) in [4.78, 5) is 5.64. The summed E-state index contributed by atoms with van der Waals surface area (Å²) in [5.74, 6) is 0.963. The van der Waals surface area contributed by atoms with E-state index >= 15 is 0 Å². The molecule has 15 heavy (non-hydrogen) atoms. The fraction of sp³-hybridized carbons (Fsp3) is 0.364. The molecule has 1 N–H and O–H groups in total. The summed E-state index contributed by atoms with van der Waals surface area (Å²) in [6.07, 6.45) is 4.97. The smallest absolute Gasteiger partial charge is 0.203 e. The van der Waals surface area contributed by atoms with Gasteiger partial charge in [0.05, 0.1) is 6.54 Å². The summed E-state index contributed by atoms with van der Waals surface area (Å²) in [6.45, 7) is 4.03. The van der Waals surface area contributed by atoms with Gasteiger partial charge in [0.2, 0.25) is 5.95 Å². The van der Waals surface area contributed by atoms with Crippen LogP contribution in [0, 0.1) is 0 Å². The molecule has 0 bridgehead atoms. The lowest BCUT2D eigenvalue weighted by molar-refractivity contribution is 0.804. The van der Waals surface area contributed by atoms with Crippen LogP contribution in [-0.4, -0.2) is 16.1 Å². The summed E-state index contributed by atoms with van der Waals surface area (Å²) in [6, 6.07) is 4.23. The molecule has 2 heterocycles. The van der Waals surface area contributed by atoms with E-state index in [0.29, 0.717) is 0 Å². The first kappa shape index (κ1) is 10.2. The van der Waals surface area contributed by atoms with Gasteiger partial charge in [-0.2, -0.15) is 0 Å². The maximum absolute atomic E-state index is 4.29. The molecule has 0 radical (unpaired) electrons. The van der Waals surface area contributed by atoms with Gasteiger partial charge in [0.25, 0.3) is 0 Å². The van der Waals surface area contributed by atoms with Gasteiger partial charge in [0.15, 0.2) is 0 Å². The minimum absolute atomic E-state index is 0.906. The fourth-order valence-electron chi connectivity index (χ4n) is 1.41. The first-order valence-corrected chi connectivity index (χ1v) is 6.05. The van der Waals surface area contributed by atoms with Gasteiger partial charge in [0.1, 0.15) is 0 Å². The number of imidazole rings is 1. The van der Waals surface area contributed by atoms with Crippen LogP contribution in [0.4, 0.5) is 5.95 Å². The maximum Gasteiger partial charge on any atom is 0.203 e. The Kier molecular flexibility index (Phi) is 3.40. The van der Waals surface area contributed by atoms with Crippen molar-refractivity contribution >= 4 is 17.3 Å². The molecule has 0 spiro atoms. The van der Waals surface area contributed by atoms with Crippen molar-refractivity contribution < 1.29 is 0 Å². The number of hydrogen-bond acceptors (Lipinski definition) is 3. The van der Waals surface area contributed by atoms with E-state index in [4.69, 9.17) is 0 Å². The van der Waals surface area contributed by atoms with E-state index in [0.717, 1.165) is 25.5 Å². The van der Waals surface area contributed by atoms with Crippen LogP contribution in [0.15, 0.2) is 29.9 Å². The SMILES string of the molecule is CCCNc1nccn1Cc1cccs1. The highest BCUT2D eigenvalue weighted by Gasteiger charge is 2.02. The topological polar surface area (TPSA) is 29.9 Å². The minimum atomic E-state index is 0.906. The summed E-state index contributed by atoms with van der Waals surface area (Å²) < 4.78 is 2.14. The van der Waals surface area contributed by atoms with E-state index in [9.17, 15) is 0 Å². The second-order valence-corrected chi connectivity index (χ2v) is 4.42. The molecule has 0 atom stereocenters. The highest BCUT2D eigenvalue weighted by Crippen LogP contribution is 2.13. The molecule has 2 aromatic rings. The lowest BCUT2D eigenvalue weighted by atomic mass is 10.4. The van der Waals surface area contributed by atoms with Crippen LogP contribution >= 0.6 is 11.3 Å². The molecule has 0 aliphatic heterocycles. The number of nitrogens with zero attached hydrogens (tertiary/aromatic N) is 2. The molecule has 2 rings (SSSR count). The van der Waals surface area contributed by atoms with Gasteiger partial charge >= 0.3 is 0 Å². The lowest BCUT2D eigenvalue weighted by Gasteiger charge is -2.07. The van der Waals surface area contributed by atoms with Crippen molar-refractivity contribution in [2.45, 2.75) is 19.9 Å². The third-order valence-electron chi connectivity index (χ3n) is 2.15. The number of anilines is 1. The summed E-state index contributed by atoms with van der Waals surface area (Å²) in [5.41, 5.74) is 0. The van der Waals surface area contributed by atoms with Gasteiger partial charge in [-0.1, -0.05) is 13.0 Å². The van der Waals surface area contributed by atoms with Crippen molar-refractivity contribution in [3.63, 3.8) is 0 Å². The second kappa shape index (κ2) is 4.98. The Morgan fingerprint density at radius 1 is 1.53 bits per heavy atom.